The first-order valence-corrected chi connectivity index (χ1v) is 18.6. The van der Waals surface area contributed by atoms with E-state index in [0.717, 1.165) is 10.5 Å². The fourth-order valence-electron chi connectivity index (χ4n) is 5.21. The summed E-state index contributed by atoms with van der Waals surface area (Å²) >= 11 is 0. The van der Waals surface area contributed by atoms with E-state index in [4.69, 9.17) is 28.3 Å². The average Bonchev–Trinajstić information content (AvgIpc) is 3.37. The van der Waals surface area contributed by atoms with Crippen LogP contribution < -0.4 is 31.3 Å². The third-order valence-corrected chi connectivity index (χ3v) is 8.54. The first-order chi connectivity index (χ1) is 25.7. The molecule has 1 heterocycles. The molecule has 1 fully saturated rings. The Kier molecular flexibility index (Phi) is 21.1. The van der Waals surface area contributed by atoms with Crippen molar-refractivity contribution in [3.63, 3.8) is 0 Å². The summed E-state index contributed by atoms with van der Waals surface area (Å²) < 4.78 is 33.8. The molecule has 2 unspecified atom stereocenters. The Bertz CT molecular complexity index is 1530. The van der Waals surface area contributed by atoms with Gasteiger partial charge in [0.05, 0.1) is 39.1 Å². The van der Waals surface area contributed by atoms with Gasteiger partial charge in [-0.1, -0.05) is 45.9 Å². The van der Waals surface area contributed by atoms with Crippen molar-refractivity contribution >= 4 is 36.5 Å². The third kappa shape index (κ3) is 14.4. The molecule has 1 aliphatic rings. The number of carbonyl (C=O) groups excluding carboxylic acids is 4. The first-order valence-electron chi connectivity index (χ1n) is 18.6. The third-order valence-electron chi connectivity index (χ3n) is 8.54. The topological polar surface area (TPSA) is 177 Å². The van der Waals surface area contributed by atoms with E-state index in [0.29, 0.717) is 28.1 Å². The normalized spacial score (nSPS) is 14.8. The molecule has 2 aromatic carbocycles. The Hall–Kier alpha value is -4.34. The highest BCUT2D eigenvalue weighted by Gasteiger charge is 2.52. The molecule has 55 heavy (non-hydrogen) atoms. The fraction of sp³-hybridized carbons (Fsp3) is 0.600. The summed E-state index contributed by atoms with van der Waals surface area (Å²) in [5.41, 5.74) is 5.06. The van der Waals surface area contributed by atoms with E-state index in [2.05, 4.69) is 16.4 Å². The summed E-state index contributed by atoms with van der Waals surface area (Å²) in [5, 5.41) is 5.25. The molecule has 1 saturated heterocycles. The van der Waals surface area contributed by atoms with Gasteiger partial charge in [-0.15, -0.1) is 0 Å². The van der Waals surface area contributed by atoms with Crippen LogP contribution in [0.4, 0.5) is 4.79 Å². The van der Waals surface area contributed by atoms with Crippen LogP contribution >= 0.6 is 0 Å². The molecule has 0 aliphatic carbocycles. The van der Waals surface area contributed by atoms with E-state index in [1.165, 1.54) is 28.3 Å². The van der Waals surface area contributed by atoms with Crippen LogP contribution in [0, 0.1) is 6.92 Å². The van der Waals surface area contributed by atoms with E-state index >= 15 is 0 Å². The highest BCUT2D eigenvalue weighted by atomic mass is 16.7. The van der Waals surface area contributed by atoms with Crippen LogP contribution in [-0.2, 0) is 39.6 Å². The number of carbonyl (C=O) groups is 4. The van der Waals surface area contributed by atoms with Crippen LogP contribution in [0.2, 0.25) is 0 Å². The molecule has 1 aliphatic heterocycles. The Labute approximate surface area is 329 Å². The molecule has 2 atom stereocenters. The van der Waals surface area contributed by atoms with Gasteiger partial charge < -0.3 is 44.6 Å². The van der Waals surface area contributed by atoms with Gasteiger partial charge in [0.2, 0.25) is 11.8 Å². The minimum absolute atomic E-state index is 0.0675. The number of nitrogens with zero attached hydrogens (tertiary/aromatic N) is 1. The lowest BCUT2D eigenvalue weighted by Gasteiger charge is -2.32. The predicted octanol–water partition coefficient (Wildman–Crippen LogP) is 4.86. The summed E-state index contributed by atoms with van der Waals surface area (Å²) in [7, 11) is 6.52. The van der Waals surface area contributed by atoms with E-state index in [1.54, 1.807) is 64.3 Å². The number of hydrogen-bond acceptors (Lipinski definition) is 11. The first kappa shape index (κ1) is 50.7. The summed E-state index contributed by atoms with van der Waals surface area (Å²) in [6.07, 6.45) is -0.659. The van der Waals surface area contributed by atoms with Crippen molar-refractivity contribution in [2.45, 2.75) is 118 Å². The second-order valence-electron chi connectivity index (χ2n) is 14.0. The van der Waals surface area contributed by atoms with Crippen LogP contribution in [0.1, 0.15) is 98.9 Å². The number of hydrogen-bond donors (Lipinski definition) is 3. The molecule has 3 amide bonds. The number of rotatable bonds is 12. The molecule has 14 nitrogen and oxygen atoms in total. The Morgan fingerprint density at radius 3 is 1.87 bits per heavy atom. The van der Waals surface area contributed by atoms with Crippen molar-refractivity contribution in [2.24, 2.45) is 5.73 Å². The molecule has 0 aromatic heterocycles. The number of nitrogens with one attached hydrogen (secondary N) is 2. The van der Waals surface area contributed by atoms with Crippen LogP contribution in [-0.4, -0.2) is 101 Å². The summed E-state index contributed by atoms with van der Waals surface area (Å²) in [4.78, 5) is 53.8. The molecule has 310 valence electrons. The summed E-state index contributed by atoms with van der Waals surface area (Å²) in [5.74, 6) is -0.806. The average molecular weight is 775 g/mol. The van der Waals surface area contributed by atoms with E-state index in [-0.39, 0.29) is 6.42 Å². The van der Waals surface area contributed by atoms with Crippen LogP contribution in [0.5, 0.6) is 11.5 Å². The Balaban J connectivity index is 0.00000462. The van der Waals surface area contributed by atoms with E-state index in [9.17, 15) is 19.2 Å². The van der Waals surface area contributed by atoms with Crippen LogP contribution in [0.25, 0.3) is 0 Å². The fourth-order valence-corrected chi connectivity index (χ4v) is 5.21. The summed E-state index contributed by atoms with van der Waals surface area (Å²) in [6.45, 7) is 22.3. The van der Waals surface area contributed by atoms with Crippen molar-refractivity contribution in [3.8, 4) is 11.5 Å². The Morgan fingerprint density at radius 2 is 1.40 bits per heavy atom. The largest absolute Gasteiger partial charge is 0.498 e. The van der Waals surface area contributed by atoms with Gasteiger partial charge in [0, 0.05) is 18.9 Å². The van der Waals surface area contributed by atoms with Crippen molar-refractivity contribution in [1.82, 2.24) is 15.5 Å². The van der Waals surface area contributed by atoms with Crippen molar-refractivity contribution in [3.05, 3.63) is 53.1 Å². The van der Waals surface area contributed by atoms with Crippen LogP contribution in [0.15, 0.2) is 36.4 Å². The van der Waals surface area contributed by atoms with Crippen molar-refractivity contribution in [1.29, 1.82) is 0 Å². The van der Waals surface area contributed by atoms with Gasteiger partial charge in [0.1, 0.15) is 29.2 Å². The number of esters is 1. The number of amides is 3. The summed E-state index contributed by atoms with van der Waals surface area (Å²) in [6, 6.07) is 8.17. The highest BCUT2D eigenvalue weighted by molar-refractivity contribution is 6.63. The smallest absolute Gasteiger partial charge is 0.497 e. The number of ether oxygens (including phenoxy) is 4. The van der Waals surface area contributed by atoms with Gasteiger partial charge in [0.25, 0.3) is 0 Å². The predicted molar refractivity (Wildman–Crippen MR) is 217 cm³/mol. The SMILES string of the molecule is CC.CC.CN.COC(=O)C(Cc1ccc(OC)c(B2OC(C)(C)C(C)(C)O2)c1)NC(=O)CNC(=O)C(c1ccc(OC)c(C)c1)N(C)C(=O)OC(C)(C)C. The van der Waals surface area contributed by atoms with Crippen molar-refractivity contribution < 1.29 is 47.4 Å². The molecular weight excluding hydrogens is 707 g/mol. The number of benzene rings is 2. The van der Waals surface area contributed by atoms with Gasteiger partial charge in [-0.2, -0.15) is 0 Å². The lowest BCUT2D eigenvalue weighted by Crippen LogP contribution is -2.49. The molecule has 2 aromatic rings. The molecule has 0 saturated carbocycles. The minimum Gasteiger partial charge on any atom is -0.497 e. The number of nitrogens with two attached hydrogens (primary N) is 1. The van der Waals surface area contributed by atoms with Gasteiger partial charge >= 0.3 is 19.2 Å². The zero-order valence-corrected chi connectivity index (χ0v) is 36.2. The number of methoxy groups -OCH3 is 3. The van der Waals surface area contributed by atoms with Gasteiger partial charge in [-0.25, -0.2) is 9.59 Å². The van der Waals surface area contributed by atoms with Crippen molar-refractivity contribution in [2.75, 3.05) is 42.0 Å². The zero-order chi connectivity index (χ0) is 42.9. The van der Waals surface area contributed by atoms with E-state index in [1.807, 2.05) is 62.3 Å². The molecule has 0 radical (unpaired) electrons. The zero-order valence-electron chi connectivity index (χ0n) is 36.2. The second kappa shape index (κ2) is 22.9. The van der Waals surface area contributed by atoms with Crippen LogP contribution in [0.3, 0.4) is 0 Å². The monoisotopic (exact) mass is 774 g/mol. The second-order valence-corrected chi connectivity index (χ2v) is 14.0. The Morgan fingerprint density at radius 1 is 0.873 bits per heavy atom. The molecule has 4 N–H and O–H groups in total. The maximum atomic E-state index is 13.6. The molecule has 15 heteroatoms. The quantitative estimate of drug-likeness (QED) is 0.198. The maximum absolute atomic E-state index is 13.6. The molecule has 0 bridgehead atoms. The minimum atomic E-state index is -1.14. The van der Waals surface area contributed by atoms with Gasteiger partial charge in [-0.3, -0.25) is 14.5 Å². The highest BCUT2D eigenvalue weighted by Crippen LogP contribution is 2.37. The molecule has 3 rings (SSSR count). The standard InChI is InChI=1S/C35H50BN3O10.2C2H6.CH5N/c1-21-17-23(14-16-26(21)44-10)29(39(9)32(43)47-33(2,3)4)30(41)37-20-28(40)38-25(31(42)46-12)19-22-13-15-27(45-11)24(18-22)36-48-34(5,6)35(7,8)49-36;3*1-2/h13-18,25,29H,19-20H2,1-12H3,(H,37,41)(H,38,40);2*1-2H3;2H2,1H3. The van der Waals surface area contributed by atoms with Gasteiger partial charge in [0.15, 0.2) is 0 Å². The maximum Gasteiger partial charge on any atom is 0.498 e. The number of aryl methyl sites for hydroxylation is 1. The molecule has 0 spiro atoms. The molecular formula is C40H67BN4O10. The van der Waals surface area contributed by atoms with Gasteiger partial charge in [-0.05, 0) is 97.3 Å². The lowest BCUT2D eigenvalue weighted by atomic mass is 9.77. The van der Waals surface area contributed by atoms with E-state index < -0.39 is 66.4 Å². The number of likely N-dealkylation sites (N-methyl/N-ethyl adjacent to an activating group) is 1. The lowest BCUT2D eigenvalue weighted by molar-refractivity contribution is -0.145.